The Balaban J connectivity index is 2.24. The molecule has 0 N–H and O–H groups in total. The Labute approximate surface area is 62.4 Å². The normalized spacial score (nSPS) is 30.7. The van der Waals surface area contributed by atoms with E-state index in [0.29, 0.717) is 0 Å². The lowest BCUT2D eigenvalue weighted by Crippen LogP contribution is -2.08. The lowest BCUT2D eigenvalue weighted by Gasteiger charge is -2.14. The zero-order chi connectivity index (χ0) is 6.69. The predicted octanol–water partition coefficient (Wildman–Crippen LogP) is 2.93. The minimum absolute atomic E-state index is 0.956. The van der Waals surface area contributed by atoms with E-state index in [2.05, 4.69) is 25.6 Å². The largest absolute Gasteiger partial charge is 0.158 e. The maximum atomic E-state index is 2.38. The van der Waals surface area contributed by atoms with Gasteiger partial charge in [-0.05, 0) is 24.5 Å². The van der Waals surface area contributed by atoms with E-state index in [0.717, 1.165) is 11.2 Å². The molecule has 9 heavy (non-hydrogen) atoms. The van der Waals surface area contributed by atoms with Crippen LogP contribution in [0, 0.1) is 5.92 Å². The summed E-state index contributed by atoms with van der Waals surface area (Å²) in [5, 5.41) is 0.995. The van der Waals surface area contributed by atoms with Crippen LogP contribution in [0.15, 0.2) is 0 Å². The molecule has 0 aromatic carbocycles. The Kier molecular flexibility index (Phi) is 2.90. The molecule has 2 unspecified atom stereocenters. The molecule has 0 amide bonds. The second-order valence-corrected chi connectivity index (χ2v) is 4.28. The molecule has 1 heteroatoms. The topological polar surface area (TPSA) is 0 Å². The molecular formula is C8H16S. The van der Waals surface area contributed by atoms with Gasteiger partial charge in [-0.2, -0.15) is 11.8 Å². The monoisotopic (exact) mass is 144 g/mol. The molecule has 0 bridgehead atoms. The van der Waals surface area contributed by atoms with Gasteiger partial charge >= 0.3 is 0 Å². The molecule has 1 heterocycles. The van der Waals surface area contributed by atoms with Gasteiger partial charge in [0.1, 0.15) is 0 Å². The van der Waals surface area contributed by atoms with Crippen molar-refractivity contribution in [2.75, 3.05) is 5.75 Å². The van der Waals surface area contributed by atoms with Gasteiger partial charge in [0.2, 0.25) is 0 Å². The molecule has 1 aliphatic rings. The first kappa shape index (κ1) is 7.46. The molecule has 0 aliphatic carbocycles. The highest BCUT2D eigenvalue weighted by atomic mass is 32.2. The summed E-state index contributed by atoms with van der Waals surface area (Å²) < 4.78 is 0. The number of thioether (sulfide) groups is 1. The third kappa shape index (κ3) is 1.89. The summed E-state index contributed by atoms with van der Waals surface area (Å²) in [4.78, 5) is 0. The van der Waals surface area contributed by atoms with Gasteiger partial charge in [0, 0.05) is 5.25 Å². The lowest BCUT2D eigenvalue weighted by atomic mass is 10.0. The highest BCUT2D eigenvalue weighted by Crippen LogP contribution is 2.32. The van der Waals surface area contributed by atoms with Crippen molar-refractivity contribution in [3.05, 3.63) is 0 Å². The summed E-state index contributed by atoms with van der Waals surface area (Å²) in [6.07, 6.45) is 4.29. The predicted molar refractivity (Wildman–Crippen MR) is 44.9 cm³/mol. The van der Waals surface area contributed by atoms with Crippen molar-refractivity contribution in [3.8, 4) is 0 Å². The maximum Gasteiger partial charge on any atom is 0.00728 e. The van der Waals surface area contributed by atoms with Gasteiger partial charge in [-0.1, -0.05) is 20.3 Å². The molecule has 1 aliphatic heterocycles. The van der Waals surface area contributed by atoms with Crippen LogP contribution in [0.3, 0.4) is 0 Å². The van der Waals surface area contributed by atoms with E-state index in [9.17, 15) is 0 Å². The molecule has 0 spiro atoms. The summed E-state index contributed by atoms with van der Waals surface area (Å²) in [5.41, 5.74) is 0. The Bertz CT molecular complexity index is 74.6. The second-order valence-electron chi connectivity index (χ2n) is 2.94. The molecule has 0 nitrogen and oxygen atoms in total. The average Bonchev–Trinajstić information content (AvgIpc) is 2.37. The van der Waals surface area contributed by atoms with Crippen molar-refractivity contribution in [3.63, 3.8) is 0 Å². The van der Waals surface area contributed by atoms with Crippen LogP contribution in [-0.4, -0.2) is 11.0 Å². The molecular weight excluding hydrogens is 128 g/mol. The fourth-order valence-electron chi connectivity index (χ4n) is 1.31. The molecule has 1 fully saturated rings. The summed E-state index contributed by atoms with van der Waals surface area (Å²) >= 11 is 2.18. The summed E-state index contributed by atoms with van der Waals surface area (Å²) in [6.45, 7) is 4.67. The van der Waals surface area contributed by atoms with Crippen LogP contribution < -0.4 is 0 Å². The van der Waals surface area contributed by atoms with E-state index in [1.807, 2.05) is 0 Å². The minimum Gasteiger partial charge on any atom is -0.158 e. The molecule has 1 saturated heterocycles. The highest BCUT2D eigenvalue weighted by molar-refractivity contribution is 8.00. The van der Waals surface area contributed by atoms with E-state index in [4.69, 9.17) is 0 Å². The summed E-state index contributed by atoms with van der Waals surface area (Å²) in [7, 11) is 0. The van der Waals surface area contributed by atoms with Gasteiger partial charge in [0.15, 0.2) is 0 Å². The van der Waals surface area contributed by atoms with Crippen molar-refractivity contribution < 1.29 is 0 Å². The van der Waals surface area contributed by atoms with Gasteiger partial charge in [-0.15, -0.1) is 0 Å². The van der Waals surface area contributed by atoms with E-state index in [-0.39, 0.29) is 0 Å². The fourth-order valence-corrected chi connectivity index (χ4v) is 2.80. The van der Waals surface area contributed by atoms with E-state index < -0.39 is 0 Å². The van der Waals surface area contributed by atoms with E-state index in [1.54, 1.807) is 0 Å². The van der Waals surface area contributed by atoms with Crippen LogP contribution in [0.5, 0.6) is 0 Å². The number of hydrogen-bond donors (Lipinski definition) is 0. The number of hydrogen-bond acceptors (Lipinski definition) is 1. The lowest BCUT2D eigenvalue weighted by molar-refractivity contribution is 0.521. The summed E-state index contributed by atoms with van der Waals surface area (Å²) in [6, 6.07) is 0. The van der Waals surface area contributed by atoms with E-state index >= 15 is 0 Å². The first-order valence-corrected chi connectivity index (χ1v) is 5.01. The van der Waals surface area contributed by atoms with E-state index in [1.165, 1.54) is 25.0 Å². The molecule has 0 radical (unpaired) electrons. The van der Waals surface area contributed by atoms with Crippen LogP contribution in [0.25, 0.3) is 0 Å². The zero-order valence-corrected chi connectivity index (χ0v) is 7.21. The third-order valence-electron chi connectivity index (χ3n) is 2.24. The molecule has 2 atom stereocenters. The second kappa shape index (κ2) is 3.50. The van der Waals surface area contributed by atoms with Crippen molar-refractivity contribution >= 4 is 11.8 Å². The highest BCUT2D eigenvalue weighted by Gasteiger charge is 2.19. The standard InChI is InChI=1S/C8H16S/c1-3-7(2)8-5-4-6-9-8/h7-8H,3-6H2,1-2H3. The molecule has 0 saturated carbocycles. The Hall–Kier alpha value is 0.350. The summed E-state index contributed by atoms with van der Waals surface area (Å²) in [5.74, 6) is 2.37. The molecule has 54 valence electrons. The smallest absolute Gasteiger partial charge is 0.00728 e. The van der Waals surface area contributed by atoms with Crippen molar-refractivity contribution in [1.82, 2.24) is 0 Å². The average molecular weight is 144 g/mol. The fraction of sp³-hybridized carbons (Fsp3) is 1.00. The molecule has 0 aromatic rings. The molecule has 0 aromatic heterocycles. The maximum absolute atomic E-state index is 2.38. The van der Waals surface area contributed by atoms with Gasteiger partial charge in [0.25, 0.3) is 0 Å². The first-order valence-electron chi connectivity index (χ1n) is 3.96. The van der Waals surface area contributed by atoms with Crippen LogP contribution in [0.1, 0.15) is 33.1 Å². The number of rotatable bonds is 2. The Morgan fingerprint density at radius 3 is 2.89 bits per heavy atom. The third-order valence-corrected chi connectivity index (χ3v) is 3.90. The van der Waals surface area contributed by atoms with Crippen LogP contribution in [0.4, 0.5) is 0 Å². The van der Waals surface area contributed by atoms with Crippen molar-refractivity contribution in [2.45, 2.75) is 38.4 Å². The zero-order valence-electron chi connectivity index (χ0n) is 6.39. The van der Waals surface area contributed by atoms with Crippen molar-refractivity contribution in [2.24, 2.45) is 5.92 Å². The van der Waals surface area contributed by atoms with Crippen LogP contribution in [0.2, 0.25) is 0 Å². The van der Waals surface area contributed by atoms with Crippen molar-refractivity contribution in [1.29, 1.82) is 0 Å². The van der Waals surface area contributed by atoms with Gasteiger partial charge in [-0.3, -0.25) is 0 Å². The first-order chi connectivity index (χ1) is 4.34. The van der Waals surface area contributed by atoms with Crippen LogP contribution in [-0.2, 0) is 0 Å². The quantitative estimate of drug-likeness (QED) is 0.574. The molecule has 1 rings (SSSR count). The SMILES string of the molecule is CCC(C)C1CCCS1. The minimum atomic E-state index is 0.956. The van der Waals surface area contributed by atoms with Gasteiger partial charge in [-0.25, -0.2) is 0 Å². The van der Waals surface area contributed by atoms with Gasteiger partial charge < -0.3 is 0 Å². The van der Waals surface area contributed by atoms with Gasteiger partial charge in [0.05, 0.1) is 0 Å². The Morgan fingerprint density at radius 2 is 2.44 bits per heavy atom. The van der Waals surface area contributed by atoms with Crippen LogP contribution >= 0.6 is 11.8 Å². The Morgan fingerprint density at radius 1 is 1.67 bits per heavy atom.